The number of nitrogens with zero attached hydrogens (tertiary/aromatic N) is 1. The summed E-state index contributed by atoms with van der Waals surface area (Å²) in [6.07, 6.45) is 8.33. The van der Waals surface area contributed by atoms with Gasteiger partial charge >= 0.3 is 0 Å². The first kappa shape index (κ1) is 17.0. The fourth-order valence-electron chi connectivity index (χ4n) is 3.48. The van der Waals surface area contributed by atoms with Crippen LogP contribution in [0.5, 0.6) is 0 Å². The van der Waals surface area contributed by atoms with E-state index < -0.39 is 0 Å². The largest absolute Gasteiger partial charge is 0.314 e. The molecule has 0 aromatic rings. The van der Waals surface area contributed by atoms with E-state index in [1.54, 1.807) is 0 Å². The van der Waals surface area contributed by atoms with Crippen LogP contribution in [0.25, 0.3) is 0 Å². The summed E-state index contributed by atoms with van der Waals surface area (Å²) in [4.78, 5) is 2.55. The third kappa shape index (κ3) is 7.31. The van der Waals surface area contributed by atoms with Gasteiger partial charge in [0.15, 0.2) is 0 Å². The van der Waals surface area contributed by atoms with Gasteiger partial charge in [0.1, 0.15) is 0 Å². The molecular weight excluding hydrogens is 232 g/mol. The molecule has 0 bridgehead atoms. The van der Waals surface area contributed by atoms with Gasteiger partial charge in [-0.05, 0) is 44.2 Å². The van der Waals surface area contributed by atoms with Crippen molar-refractivity contribution in [2.75, 3.05) is 26.7 Å². The van der Waals surface area contributed by atoms with Crippen molar-refractivity contribution < 1.29 is 0 Å². The van der Waals surface area contributed by atoms with Crippen molar-refractivity contribution in [3.8, 4) is 0 Å². The summed E-state index contributed by atoms with van der Waals surface area (Å²) in [5, 5.41) is 3.80. The van der Waals surface area contributed by atoms with E-state index in [4.69, 9.17) is 0 Å². The molecule has 1 N–H and O–H groups in total. The second kappa shape index (κ2) is 8.26. The molecule has 19 heavy (non-hydrogen) atoms. The quantitative estimate of drug-likeness (QED) is 0.735. The summed E-state index contributed by atoms with van der Waals surface area (Å²) in [6, 6.07) is 0.755. The Bertz CT molecular complexity index is 232. The summed E-state index contributed by atoms with van der Waals surface area (Å²) < 4.78 is 0. The van der Waals surface area contributed by atoms with Crippen molar-refractivity contribution in [3.63, 3.8) is 0 Å². The van der Waals surface area contributed by atoms with Gasteiger partial charge in [0.05, 0.1) is 0 Å². The summed E-state index contributed by atoms with van der Waals surface area (Å²) in [5.41, 5.74) is 0.409. The second-order valence-corrected chi connectivity index (χ2v) is 7.72. The molecule has 0 aliphatic heterocycles. The predicted octanol–water partition coefficient (Wildman–Crippen LogP) is 3.91. The van der Waals surface area contributed by atoms with Crippen LogP contribution in [-0.4, -0.2) is 37.6 Å². The minimum absolute atomic E-state index is 0.409. The topological polar surface area (TPSA) is 15.3 Å². The molecule has 1 fully saturated rings. The van der Waals surface area contributed by atoms with Crippen LogP contribution < -0.4 is 5.32 Å². The van der Waals surface area contributed by atoms with Crippen molar-refractivity contribution in [1.29, 1.82) is 0 Å². The highest BCUT2D eigenvalue weighted by Gasteiger charge is 2.25. The van der Waals surface area contributed by atoms with E-state index in [2.05, 4.69) is 45.0 Å². The number of hydrogen-bond acceptors (Lipinski definition) is 2. The van der Waals surface area contributed by atoms with Gasteiger partial charge in [-0.25, -0.2) is 0 Å². The Hall–Kier alpha value is -0.0800. The first-order chi connectivity index (χ1) is 8.92. The van der Waals surface area contributed by atoms with Crippen molar-refractivity contribution in [2.24, 2.45) is 11.3 Å². The van der Waals surface area contributed by atoms with Gasteiger partial charge in [-0.3, -0.25) is 0 Å². The van der Waals surface area contributed by atoms with Crippen LogP contribution >= 0.6 is 0 Å². The number of nitrogens with one attached hydrogen (secondary N) is 1. The normalized spacial score (nSPS) is 25.6. The summed E-state index contributed by atoms with van der Waals surface area (Å²) in [5.74, 6) is 0.849. The highest BCUT2D eigenvalue weighted by Crippen LogP contribution is 2.25. The molecule has 2 heteroatoms. The molecule has 1 aliphatic carbocycles. The maximum atomic E-state index is 3.80. The smallest absolute Gasteiger partial charge is 0.0107 e. The molecule has 0 spiro atoms. The van der Waals surface area contributed by atoms with Crippen LogP contribution in [-0.2, 0) is 0 Å². The van der Waals surface area contributed by atoms with Gasteiger partial charge in [0, 0.05) is 19.1 Å². The predicted molar refractivity (Wildman–Crippen MR) is 85.6 cm³/mol. The molecule has 0 aromatic carbocycles. The molecule has 0 aromatic heterocycles. The molecule has 0 radical (unpaired) electrons. The van der Waals surface area contributed by atoms with Gasteiger partial charge in [-0.1, -0.05) is 47.0 Å². The maximum absolute atomic E-state index is 3.80. The van der Waals surface area contributed by atoms with Gasteiger partial charge in [0.2, 0.25) is 0 Å². The third-order valence-corrected chi connectivity index (χ3v) is 4.11. The average Bonchev–Trinajstić information content (AvgIpc) is 2.49. The van der Waals surface area contributed by atoms with Crippen LogP contribution in [0.4, 0.5) is 0 Å². The van der Waals surface area contributed by atoms with Crippen LogP contribution in [0.3, 0.4) is 0 Å². The zero-order valence-electron chi connectivity index (χ0n) is 14.0. The first-order valence-corrected chi connectivity index (χ1v) is 8.34. The van der Waals surface area contributed by atoms with Crippen molar-refractivity contribution in [2.45, 2.75) is 72.3 Å². The molecule has 2 nitrogen and oxygen atoms in total. The maximum Gasteiger partial charge on any atom is 0.0107 e. The molecular formula is C17H36N2. The van der Waals surface area contributed by atoms with Crippen molar-refractivity contribution >= 4 is 0 Å². The zero-order valence-corrected chi connectivity index (χ0v) is 14.0. The number of hydrogen-bond donors (Lipinski definition) is 1. The van der Waals surface area contributed by atoms with E-state index in [1.807, 2.05) is 0 Å². The van der Waals surface area contributed by atoms with Gasteiger partial charge in [-0.15, -0.1) is 0 Å². The van der Waals surface area contributed by atoms with E-state index in [-0.39, 0.29) is 0 Å². The molecule has 0 heterocycles. The molecule has 2 unspecified atom stereocenters. The van der Waals surface area contributed by atoms with Gasteiger partial charge in [0.25, 0.3) is 0 Å². The number of rotatable bonds is 6. The van der Waals surface area contributed by atoms with Crippen LogP contribution in [0.15, 0.2) is 0 Å². The molecule has 1 aliphatic rings. The fourth-order valence-corrected chi connectivity index (χ4v) is 3.48. The van der Waals surface area contributed by atoms with E-state index in [0.717, 1.165) is 12.0 Å². The summed E-state index contributed by atoms with van der Waals surface area (Å²) >= 11 is 0. The monoisotopic (exact) mass is 268 g/mol. The lowest BCUT2D eigenvalue weighted by atomic mass is 9.92. The SMILES string of the molecule is CCCNC1CCCCCC1CN(C)CC(C)(C)C. The van der Waals surface area contributed by atoms with Crippen LogP contribution in [0.2, 0.25) is 0 Å². The Kier molecular flexibility index (Phi) is 7.38. The lowest BCUT2D eigenvalue weighted by Crippen LogP contribution is -2.43. The summed E-state index contributed by atoms with van der Waals surface area (Å²) in [6.45, 7) is 12.9. The Morgan fingerprint density at radius 2 is 1.79 bits per heavy atom. The molecule has 1 rings (SSSR count). The average molecular weight is 268 g/mol. The lowest BCUT2D eigenvalue weighted by molar-refractivity contribution is 0.175. The van der Waals surface area contributed by atoms with Crippen LogP contribution in [0, 0.1) is 11.3 Å². The van der Waals surface area contributed by atoms with Crippen molar-refractivity contribution in [1.82, 2.24) is 10.2 Å². The van der Waals surface area contributed by atoms with E-state index in [0.29, 0.717) is 5.41 Å². The summed E-state index contributed by atoms with van der Waals surface area (Å²) in [7, 11) is 2.30. The Morgan fingerprint density at radius 1 is 1.11 bits per heavy atom. The minimum atomic E-state index is 0.409. The zero-order chi connectivity index (χ0) is 14.3. The molecule has 0 saturated heterocycles. The second-order valence-electron chi connectivity index (χ2n) is 7.72. The molecule has 114 valence electrons. The van der Waals surface area contributed by atoms with E-state index >= 15 is 0 Å². The van der Waals surface area contributed by atoms with E-state index in [9.17, 15) is 0 Å². The Morgan fingerprint density at radius 3 is 2.42 bits per heavy atom. The van der Waals surface area contributed by atoms with Gasteiger partial charge in [-0.2, -0.15) is 0 Å². The molecule has 0 amide bonds. The Balaban J connectivity index is 2.49. The molecule has 1 saturated carbocycles. The fraction of sp³-hybridized carbons (Fsp3) is 1.00. The van der Waals surface area contributed by atoms with E-state index in [1.165, 1.54) is 58.2 Å². The molecule has 2 atom stereocenters. The van der Waals surface area contributed by atoms with Gasteiger partial charge < -0.3 is 10.2 Å². The standard InChI is InChI=1S/C17H36N2/c1-6-12-18-16-11-9-7-8-10-15(16)13-19(5)14-17(2,3)4/h15-16,18H,6-14H2,1-5H3. The van der Waals surface area contributed by atoms with Crippen LogP contribution in [0.1, 0.15) is 66.2 Å². The highest BCUT2D eigenvalue weighted by molar-refractivity contribution is 4.82. The first-order valence-electron chi connectivity index (χ1n) is 8.34. The lowest BCUT2D eigenvalue weighted by Gasteiger charge is -2.33. The minimum Gasteiger partial charge on any atom is -0.314 e. The highest BCUT2D eigenvalue weighted by atomic mass is 15.1. The van der Waals surface area contributed by atoms with Crippen molar-refractivity contribution in [3.05, 3.63) is 0 Å². The third-order valence-electron chi connectivity index (χ3n) is 4.11. The Labute approximate surface area is 121 Å².